The number of halogens is 2. The third kappa shape index (κ3) is 5.85. The van der Waals surface area contributed by atoms with E-state index in [1.54, 1.807) is 13.2 Å². The molecule has 0 saturated carbocycles. The Kier molecular flexibility index (Phi) is 6.68. The van der Waals surface area contributed by atoms with E-state index in [0.717, 1.165) is 31.5 Å². The molecule has 0 bridgehead atoms. The van der Waals surface area contributed by atoms with Gasteiger partial charge in [0, 0.05) is 31.2 Å². The average Bonchev–Trinajstić information content (AvgIpc) is 2.52. The molecular formula is C18H26BrFN2O3. The lowest BCUT2D eigenvalue weighted by atomic mass is 10.0. The molecule has 2 rings (SSSR count). The van der Waals surface area contributed by atoms with E-state index in [-0.39, 0.29) is 18.0 Å². The van der Waals surface area contributed by atoms with Gasteiger partial charge in [0.05, 0.1) is 11.6 Å². The molecule has 1 aliphatic heterocycles. The first kappa shape index (κ1) is 20.0. The van der Waals surface area contributed by atoms with Gasteiger partial charge in [-0.1, -0.05) is 0 Å². The van der Waals surface area contributed by atoms with Crippen molar-refractivity contribution in [1.29, 1.82) is 0 Å². The Morgan fingerprint density at radius 1 is 1.36 bits per heavy atom. The van der Waals surface area contributed by atoms with E-state index in [9.17, 15) is 9.18 Å². The van der Waals surface area contributed by atoms with Gasteiger partial charge in [-0.3, -0.25) is 4.90 Å². The smallest absolute Gasteiger partial charge is 0.407 e. The number of hydrogen-bond donors (Lipinski definition) is 1. The largest absolute Gasteiger partial charge is 0.496 e. The monoisotopic (exact) mass is 416 g/mol. The van der Waals surface area contributed by atoms with Crippen molar-refractivity contribution in [2.24, 2.45) is 0 Å². The van der Waals surface area contributed by atoms with Crippen molar-refractivity contribution >= 4 is 22.0 Å². The number of nitrogens with zero attached hydrogens (tertiary/aromatic N) is 1. The summed E-state index contributed by atoms with van der Waals surface area (Å²) in [6.45, 7) is 7.76. The molecule has 1 heterocycles. The zero-order valence-corrected chi connectivity index (χ0v) is 16.8. The molecule has 1 fully saturated rings. The number of likely N-dealkylation sites (tertiary alicyclic amines) is 1. The number of amides is 1. The van der Waals surface area contributed by atoms with Crippen molar-refractivity contribution in [3.8, 4) is 5.75 Å². The van der Waals surface area contributed by atoms with Gasteiger partial charge in [-0.05, 0) is 61.7 Å². The van der Waals surface area contributed by atoms with Gasteiger partial charge in [0.2, 0.25) is 0 Å². The van der Waals surface area contributed by atoms with Crippen LogP contribution in [0.1, 0.15) is 39.2 Å². The van der Waals surface area contributed by atoms with Crippen LogP contribution < -0.4 is 10.1 Å². The number of carbonyl (C=O) groups is 1. The Balaban J connectivity index is 1.89. The van der Waals surface area contributed by atoms with E-state index in [2.05, 4.69) is 26.1 Å². The van der Waals surface area contributed by atoms with Crippen molar-refractivity contribution in [2.75, 3.05) is 20.2 Å². The summed E-state index contributed by atoms with van der Waals surface area (Å²) >= 11 is 3.32. The van der Waals surface area contributed by atoms with Crippen molar-refractivity contribution in [3.05, 3.63) is 28.0 Å². The standard InChI is InChI=1S/C18H26BrFN2O3/c1-18(2,3)25-17(23)21-12-7-9-22(10-8-12)11-13-15(24-4)6-5-14(20)16(13)19/h5-6,12H,7-11H2,1-4H3,(H,21,23). The number of alkyl carbamates (subject to hydrolysis) is 1. The Labute approximate surface area is 157 Å². The highest BCUT2D eigenvalue weighted by molar-refractivity contribution is 9.10. The van der Waals surface area contributed by atoms with Crippen molar-refractivity contribution in [2.45, 2.75) is 51.8 Å². The lowest BCUT2D eigenvalue weighted by Gasteiger charge is -2.33. The molecule has 1 saturated heterocycles. The summed E-state index contributed by atoms with van der Waals surface area (Å²) in [6.07, 6.45) is 1.28. The van der Waals surface area contributed by atoms with E-state index >= 15 is 0 Å². The summed E-state index contributed by atoms with van der Waals surface area (Å²) < 4.78 is 24.9. The number of methoxy groups -OCH3 is 1. The Hall–Kier alpha value is -1.34. The van der Waals surface area contributed by atoms with Gasteiger partial charge in [-0.15, -0.1) is 0 Å². The molecule has 0 aromatic heterocycles. The normalized spacial score (nSPS) is 16.6. The van der Waals surface area contributed by atoms with Crippen LogP contribution in [0.3, 0.4) is 0 Å². The number of piperidine rings is 1. The molecule has 1 N–H and O–H groups in total. The topological polar surface area (TPSA) is 50.8 Å². The average molecular weight is 417 g/mol. The van der Waals surface area contributed by atoms with Gasteiger partial charge >= 0.3 is 6.09 Å². The number of carbonyl (C=O) groups excluding carboxylic acids is 1. The zero-order chi connectivity index (χ0) is 18.6. The molecule has 0 unspecified atom stereocenters. The maximum atomic E-state index is 13.8. The first-order valence-electron chi connectivity index (χ1n) is 8.42. The van der Waals surface area contributed by atoms with Crippen molar-refractivity contribution in [3.63, 3.8) is 0 Å². The highest BCUT2D eigenvalue weighted by Gasteiger charge is 2.25. The number of nitrogens with one attached hydrogen (secondary N) is 1. The minimum atomic E-state index is -0.495. The van der Waals surface area contributed by atoms with Crippen LogP contribution in [-0.4, -0.2) is 42.8 Å². The van der Waals surface area contributed by atoms with Crippen LogP contribution in [0.2, 0.25) is 0 Å². The Bertz CT molecular complexity index is 611. The Morgan fingerprint density at radius 2 is 2.00 bits per heavy atom. The second-order valence-electron chi connectivity index (χ2n) is 7.24. The summed E-state index contributed by atoms with van der Waals surface area (Å²) in [5.41, 5.74) is 0.311. The van der Waals surface area contributed by atoms with Gasteiger partial charge < -0.3 is 14.8 Å². The molecule has 1 aromatic carbocycles. The van der Waals surface area contributed by atoms with E-state index in [1.807, 2.05) is 20.8 Å². The van der Waals surface area contributed by atoms with Crippen LogP contribution in [-0.2, 0) is 11.3 Å². The molecule has 1 aliphatic rings. The van der Waals surface area contributed by atoms with Crippen LogP contribution in [0.25, 0.3) is 0 Å². The lowest BCUT2D eigenvalue weighted by Crippen LogP contribution is -2.45. The molecule has 7 heteroatoms. The molecule has 0 aliphatic carbocycles. The van der Waals surface area contributed by atoms with Gasteiger partial charge in [0.25, 0.3) is 0 Å². The summed E-state index contributed by atoms with van der Waals surface area (Å²) in [5, 5.41) is 2.92. The van der Waals surface area contributed by atoms with Gasteiger partial charge in [0.1, 0.15) is 17.2 Å². The maximum absolute atomic E-state index is 13.8. The highest BCUT2D eigenvalue weighted by atomic mass is 79.9. The molecule has 140 valence electrons. The number of benzene rings is 1. The number of rotatable bonds is 4. The fourth-order valence-electron chi connectivity index (χ4n) is 2.85. The fourth-order valence-corrected chi connectivity index (χ4v) is 3.30. The van der Waals surface area contributed by atoms with Gasteiger partial charge in [0.15, 0.2) is 0 Å². The zero-order valence-electron chi connectivity index (χ0n) is 15.2. The minimum absolute atomic E-state index is 0.101. The molecule has 5 nitrogen and oxygen atoms in total. The molecular weight excluding hydrogens is 391 g/mol. The highest BCUT2D eigenvalue weighted by Crippen LogP contribution is 2.31. The minimum Gasteiger partial charge on any atom is -0.496 e. The van der Waals surface area contributed by atoms with Crippen LogP contribution in [0.4, 0.5) is 9.18 Å². The van der Waals surface area contributed by atoms with E-state index in [0.29, 0.717) is 16.8 Å². The first-order valence-corrected chi connectivity index (χ1v) is 9.21. The lowest BCUT2D eigenvalue weighted by molar-refractivity contribution is 0.0477. The summed E-state index contributed by atoms with van der Waals surface area (Å²) in [5.74, 6) is 0.375. The Morgan fingerprint density at radius 3 is 2.56 bits per heavy atom. The number of ether oxygens (including phenoxy) is 2. The molecule has 0 radical (unpaired) electrons. The summed E-state index contributed by atoms with van der Waals surface area (Å²) in [4.78, 5) is 14.1. The third-order valence-corrected chi connectivity index (χ3v) is 4.92. The fraction of sp³-hybridized carbons (Fsp3) is 0.611. The molecule has 1 aromatic rings. The third-order valence-electron chi connectivity index (χ3n) is 4.06. The van der Waals surface area contributed by atoms with E-state index in [1.165, 1.54) is 6.07 Å². The maximum Gasteiger partial charge on any atom is 0.407 e. The summed E-state index contributed by atoms with van der Waals surface area (Å²) in [7, 11) is 1.58. The second kappa shape index (κ2) is 8.36. The number of hydrogen-bond acceptors (Lipinski definition) is 4. The predicted octanol–water partition coefficient (Wildman–Crippen LogP) is 4.09. The molecule has 1 amide bonds. The van der Waals surface area contributed by atoms with Crippen molar-refractivity contribution in [1.82, 2.24) is 10.2 Å². The van der Waals surface area contributed by atoms with E-state index in [4.69, 9.17) is 9.47 Å². The second-order valence-corrected chi connectivity index (χ2v) is 8.03. The quantitative estimate of drug-likeness (QED) is 0.802. The van der Waals surface area contributed by atoms with Crippen LogP contribution in [0.15, 0.2) is 16.6 Å². The van der Waals surface area contributed by atoms with Gasteiger partial charge in [-0.25, -0.2) is 9.18 Å². The van der Waals surface area contributed by atoms with E-state index < -0.39 is 5.60 Å². The molecule has 25 heavy (non-hydrogen) atoms. The van der Waals surface area contributed by atoms with Crippen LogP contribution >= 0.6 is 15.9 Å². The first-order chi connectivity index (χ1) is 11.7. The molecule has 0 atom stereocenters. The van der Waals surface area contributed by atoms with Crippen LogP contribution in [0.5, 0.6) is 5.75 Å². The van der Waals surface area contributed by atoms with Crippen LogP contribution in [0, 0.1) is 5.82 Å². The summed E-state index contributed by atoms with van der Waals surface area (Å²) in [6, 6.07) is 3.14. The van der Waals surface area contributed by atoms with Crippen molar-refractivity contribution < 1.29 is 18.7 Å². The SMILES string of the molecule is COc1ccc(F)c(Br)c1CN1CCC(NC(=O)OC(C)(C)C)CC1. The molecule has 0 spiro atoms. The van der Waals surface area contributed by atoms with Gasteiger partial charge in [-0.2, -0.15) is 0 Å². The predicted molar refractivity (Wildman–Crippen MR) is 98.3 cm³/mol.